The topological polar surface area (TPSA) is 84.0 Å². The highest BCUT2D eigenvalue weighted by Crippen LogP contribution is 2.32. The predicted octanol–water partition coefficient (Wildman–Crippen LogP) is 2.58. The minimum absolute atomic E-state index is 0.115. The minimum Gasteiger partial charge on any atom is -0.495 e. The van der Waals surface area contributed by atoms with Crippen molar-refractivity contribution in [2.24, 2.45) is 0 Å². The van der Waals surface area contributed by atoms with Crippen LogP contribution in [0.15, 0.2) is 53.4 Å². The van der Waals surface area contributed by atoms with Crippen molar-refractivity contribution in [3.05, 3.63) is 54.1 Å². The van der Waals surface area contributed by atoms with E-state index < -0.39 is 31.0 Å². The van der Waals surface area contributed by atoms with E-state index in [0.29, 0.717) is 32.1 Å². The number of anilines is 1. The quantitative estimate of drug-likeness (QED) is 0.613. The van der Waals surface area contributed by atoms with E-state index in [1.54, 1.807) is 19.2 Å². The first-order valence-electron chi connectivity index (χ1n) is 11.3. The number of rotatable bonds is 6. The summed E-state index contributed by atoms with van der Waals surface area (Å²) < 4.78 is 57.6. The first-order chi connectivity index (χ1) is 15.6. The Kier molecular flexibility index (Phi) is 6.75. The van der Waals surface area contributed by atoms with Crippen LogP contribution in [0.25, 0.3) is 0 Å². The van der Waals surface area contributed by atoms with Crippen molar-refractivity contribution in [2.45, 2.75) is 36.0 Å². The number of ether oxygens (including phenoxy) is 1. The molecule has 0 aromatic heterocycles. The molecular formula is C24H32N2O5S2. The molecule has 0 spiro atoms. The molecule has 9 heteroatoms. The molecule has 0 bridgehead atoms. The van der Waals surface area contributed by atoms with Gasteiger partial charge in [0.1, 0.15) is 5.75 Å². The summed E-state index contributed by atoms with van der Waals surface area (Å²) in [6.45, 7) is 6.63. The third-order valence-corrected chi connectivity index (χ3v) is 10.9. The van der Waals surface area contributed by atoms with Gasteiger partial charge in [0.05, 0.1) is 34.4 Å². The van der Waals surface area contributed by atoms with Crippen molar-refractivity contribution in [1.29, 1.82) is 0 Å². The summed E-state index contributed by atoms with van der Waals surface area (Å²) >= 11 is 0. The molecule has 0 N–H and O–H groups in total. The van der Waals surface area contributed by atoms with Crippen LogP contribution in [0, 0.1) is 0 Å². The lowest BCUT2D eigenvalue weighted by Gasteiger charge is -2.40. The van der Waals surface area contributed by atoms with Gasteiger partial charge in [-0.2, -0.15) is 0 Å². The van der Waals surface area contributed by atoms with E-state index in [0.717, 1.165) is 17.0 Å². The summed E-state index contributed by atoms with van der Waals surface area (Å²) in [6, 6.07) is 14.1. The molecule has 2 aromatic rings. The number of para-hydroxylation sites is 2. The molecule has 2 saturated heterocycles. The van der Waals surface area contributed by atoms with Gasteiger partial charge in [0, 0.05) is 32.2 Å². The molecule has 0 radical (unpaired) electrons. The number of benzene rings is 2. The average Bonchev–Trinajstić information content (AvgIpc) is 3.15. The van der Waals surface area contributed by atoms with Crippen molar-refractivity contribution in [2.75, 3.05) is 49.7 Å². The van der Waals surface area contributed by atoms with Gasteiger partial charge in [0.2, 0.25) is 0 Å². The molecule has 2 fully saturated rings. The van der Waals surface area contributed by atoms with Crippen LogP contribution in [-0.4, -0.2) is 77.8 Å². The fourth-order valence-electron chi connectivity index (χ4n) is 4.84. The van der Waals surface area contributed by atoms with E-state index in [9.17, 15) is 16.8 Å². The summed E-state index contributed by atoms with van der Waals surface area (Å²) in [6.07, 6.45) is 0. The molecule has 0 unspecified atom stereocenters. The zero-order valence-electron chi connectivity index (χ0n) is 19.3. The van der Waals surface area contributed by atoms with Gasteiger partial charge in [-0.05, 0) is 35.7 Å². The number of piperazine rings is 1. The maximum absolute atomic E-state index is 13.5. The number of methoxy groups -OCH3 is 1. The fourth-order valence-corrected chi connectivity index (χ4v) is 9.67. The van der Waals surface area contributed by atoms with E-state index >= 15 is 0 Å². The van der Waals surface area contributed by atoms with E-state index in [4.69, 9.17) is 4.74 Å². The Bertz CT molecular complexity index is 1190. The van der Waals surface area contributed by atoms with Gasteiger partial charge in [-0.15, -0.1) is 0 Å². The van der Waals surface area contributed by atoms with Crippen molar-refractivity contribution < 1.29 is 21.6 Å². The lowest BCUT2D eigenvalue weighted by atomic mass is 10.0. The van der Waals surface area contributed by atoms with E-state index in [1.165, 1.54) is 0 Å². The maximum Gasteiger partial charge on any atom is 0.183 e. The van der Waals surface area contributed by atoms with Gasteiger partial charge in [-0.25, -0.2) is 16.8 Å². The van der Waals surface area contributed by atoms with Crippen LogP contribution < -0.4 is 9.64 Å². The number of hydrogen-bond donors (Lipinski definition) is 0. The van der Waals surface area contributed by atoms with E-state index in [-0.39, 0.29) is 16.4 Å². The van der Waals surface area contributed by atoms with Crippen molar-refractivity contribution in [1.82, 2.24) is 4.90 Å². The average molecular weight is 493 g/mol. The Labute approximate surface area is 197 Å². The highest BCUT2D eigenvalue weighted by atomic mass is 32.2. The van der Waals surface area contributed by atoms with Crippen LogP contribution in [0.1, 0.15) is 25.3 Å². The standard InChI is InChI=1S/C24H32N2O5S2/c1-18(2)19-8-10-20(11-9-19)33(29,30)24-17-32(27,28)16-22(24)26-14-12-25(13-15-26)21-6-4-5-7-23(21)31-3/h4-11,18,22,24H,12-17H2,1-3H3/t22-,24-/m0/s1. The summed E-state index contributed by atoms with van der Waals surface area (Å²) in [5.74, 6) is 0.648. The second kappa shape index (κ2) is 9.27. The van der Waals surface area contributed by atoms with Crippen LogP contribution in [0.3, 0.4) is 0 Å². The molecule has 2 aromatic carbocycles. The summed E-state index contributed by atoms with van der Waals surface area (Å²) in [4.78, 5) is 4.44. The monoisotopic (exact) mass is 492 g/mol. The Hall–Kier alpha value is -2.10. The normalized spacial score (nSPS) is 23.7. The molecule has 2 atom stereocenters. The molecule has 2 aliphatic heterocycles. The second-order valence-corrected chi connectivity index (χ2v) is 13.5. The zero-order chi connectivity index (χ0) is 23.8. The molecule has 2 heterocycles. The minimum atomic E-state index is -3.78. The first-order valence-corrected chi connectivity index (χ1v) is 14.7. The third kappa shape index (κ3) is 4.90. The summed E-state index contributed by atoms with van der Waals surface area (Å²) in [5, 5.41) is -0.954. The van der Waals surface area contributed by atoms with Crippen LogP contribution in [0.2, 0.25) is 0 Å². The smallest absolute Gasteiger partial charge is 0.183 e. The van der Waals surface area contributed by atoms with E-state index in [2.05, 4.69) is 4.90 Å². The summed E-state index contributed by atoms with van der Waals surface area (Å²) in [5.41, 5.74) is 2.05. The van der Waals surface area contributed by atoms with Crippen LogP contribution in [0.5, 0.6) is 5.75 Å². The van der Waals surface area contributed by atoms with Gasteiger partial charge in [0.15, 0.2) is 19.7 Å². The van der Waals surface area contributed by atoms with Crippen LogP contribution in [0.4, 0.5) is 5.69 Å². The number of hydrogen-bond acceptors (Lipinski definition) is 7. The Morgan fingerprint density at radius 1 is 0.939 bits per heavy atom. The Morgan fingerprint density at radius 2 is 1.58 bits per heavy atom. The van der Waals surface area contributed by atoms with Gasteiger partial charge in [-0.1, -0.05) is 38.1 Å². The maximum atomic E-state index is 13.5. The van der Waals surface area contributed by atoms with E-state index in [1.807, 2.05) is 55.1 Å². The number of nitrogens with zero attached hydrogens (tertiary/aromatic N) is 2. The highest BCUT2D eigenvalue weighted by Gasteiger charge is 2.48. The molecule has 0 amide bonds. The lowest BCUT2D eigenvalue weighted by Crippen LogP contribution is -2.55. The van der Waals surface area contributed by atoms with Gasteiger partial charge in [0.25, 0.3) is 0 Å². The Balaban J connectivity index is 1.54. The first kappa shape index (κ1) is 24.0. The largest absolute Gasteiger partial charge is 0.495 e. The molecule has 0 aliphatic carbocycles. The van der Waals surface area contributed by atoms with Crippen LogP contribution in [-0.2, 0) is 19.7 Å². The molecule has 2 aliphatic rings. The molecule has 4 rings (SSSR count). The fraction of sp³-hybridized carbons (Fsp3) is 0.500. The van der Waals surface area contributed by atoms with Crippen molar-refractivity contribution >= 4 is 25.4 Å². The molecule has 7 nitrogen and oxygen atoms in total. The Morgan fingerprint density at radius 3 is 2.18 bits per heavy atom. The lowest BCUT2D eigenvalue weighted by molar-refractivity contribution is 0.201. The van der Waals surface area contributed by atoms with Gasteiger partial charge in [-0.3, -0.25) is 4.90 Å². The predicted molar refractivity (Wildman–Crippen MR) is 131 cm³/mol. The highest BCUT2D eigenvalue weighted by molar-refractivity contribution is 7.96. The van der Waals surface area contributed by atoms with Crippen LogP contribution >= 0.6 is 0 Å². The van der Waals surface area contributed by atoms with Crippen molar-refractivity contribution in [3.8, 4) is 5.75 Å². The zero-order valence-corrected chi connectivity index (χ0v) is 21.0. The van der Waals surface area contributed by atoms with Crippen molar-refractivity contribution in [3.63, 3.8) is 0 Å². The van der Waals surface area contributed by atoms with Gasteiger partial charge >= 0.3 is 0 Å². The third-order valence-electron chi connectivity index (χ3n) is 6.76. The molecule has 0 saturated carbocycles. The number of sulfone groups is 2. The SMILES string of the molecule is COc1ccccc1N1CCN([C@H]2CS(=O)(=O)C[C@@H]2S(=O)(=O)c2ccc(C(C)C)cc2)CC1. The summed E-state index contributed by atoms with van der Waals surface area (Å²) in [7, 11) is -5.58. The molecule has 180 valence electrons. The molecule has 33 heavy (non-hydrogen) atoms. The molecular weight excluding hydrogens is 460 g/mol. The van der Waals surface area contributed by atoms with Gasteiger partial charge < -0.3 is 9.64 Å². The second-order valence-electron chi connectivity index (χ2n) is 9.15.